The molecule has 1 heterocycles. The van der Waals surface area contributed by atoms with Gasteiger partial charge in [0.1, 0.15) is 5.01 Å². The molecule has 0 bridgehead atoms. The van der Waals surface area contributed by atoms with Gasteiger partial charge < -0.3 is 0 Å². The van der Waals surface area contributed by atoms with Crippen LogP contribution in [0.1, 0.15) is 31.0 Å². The maximum Gasteiger partial charge on any atom is 0.123 e. The zero-order chi connectivity index (χ0) is 11.7. The number of rotatable bonds is 2. The molecule has 0 saturated carbocycles. The fourth-order valence-corrected chi connectivity index (χ4v) is 2.57. The van der Waals surface area contributed by atoms with Gasteiger partial charge in [-0.2, -0.15) is 0 Å². The van der Waals surface area contributed by atoms with Crippen LogP contribution in [0.2, 0.25) is 5.02 Å². The highest BCUT2D eigenvalue weighted by Gasteiger charge is 2.08. The quantitative estimate of drug-likeness (QED) is 0.740. The molecule has 0 aliphatic heterocycles. The fraction of sp³-hybridized carbons (Fsp3) is 0.308. The summed E-state index contributed by atoms with van der Waals surface area (Å²) in [5, 5.41) is 3.97. The molecule has 0 aliphatic rings. The zero-order valence-electron chi connectivity index (χ0n) is 9.62. The summed E-state index contributed by atoms with van der Waals surface area (Å²) in [6, 6.07) is 6.10. The predicted octanol–water partition coefficient (Wildman–Crippen LogP) is 4.90. The second-order valence-corrected chi connectivity index (χ2v) is 5.46. The molecule has 84 valence electrons. The van der Waals surface area contributed by atoms with Crippen LogP contribution in [0.5, 0.6) is 0 Å². The monoisotopic (exact) mass is 251 g/mol. The van der Waals surface area contributed by atoms with E-state index < -0.39 is 0 Å². The first kappa shape index (κ1) is 11.6. The number of hydrogen-bond acceptors (Lipinski definition) is 2. The number of hydrogen-bond donors (Lipinski definition) is 0. The van der Waals surface area contributed by atoms with Crippen molar-refractivity contribution in [2.75, 3.05) is 0 Å². The summed E-state index contributed by atoms with van der Waals surface area (Å²) in [5.74, 6) is 0.478. The number of aromatic nitrogens is 1. The lowest BCUT2D eigenvalue weighted by molar-refractivity contribution is 0.834. The van der Waals surface area contributed by atoms with Crippen LogP contribution in [-0.2, 0) is 0 Å². The summed E-state index contributed by atoms with van der Waals surface area (Å²) < 4.78 is 0. The smallest absolute Gasteiger partial charge is 0.123 e. The van der Waals surface area contributed by atoms with Gasteiger partial charge >= 0.3 is 0 Å². The van der Waals surface area contributed by atoms with Crippen LogP contribution in [0, 0.1) is 6.92 Å². The first-order valence-corrected chi connectivity index (χ1v) is 6.55. The summed E-state index contributed by atoms with van der Waals surface area (Å²) >= 11 is 7.79. The minimum atomic E-state index is 0.478. The van der Waals surface area contributed by atoms with Gasteiger partial charge in [-0.15, -0.1) is 11.3 Å². The minimum Gasteiger partial charge on any atom is -0.241 e. The van der Waals surface area contributed by atoms with Crippen molar-refractivity contribution >= 4 is 22.9 Å². The van der Waals surface area contributed by atoms with Gasteiger partial charge in [0, 0.05) is 16.0 Å². The summed E-state index contributed by atoms with van der Waals surface area (Å²) in [5.41, 5.74) is 3.36. The lowest BCUT2D eigenvalue weighted by atomic mass is 10.1. The van der Waals surface area contributed by atoms with Crippen molar-refractivity contribution in [2.24, 2.45) is 0 Å². The Balaban J connectivity index is 2.39. The average molecular weight is 252 g/mol. The third-order valence-electron chi connectivity index (χ3n) is 2.53. The van der Waals surface area contributed by atoms with Crippen molar-refractivity contribution in [2.45, 2.75) is 26.7 Å². The van der Waals surface area contributed by atoms with Crippen molar-refractivity contribution in [3.05, 3.63) is 39.9 Å². The number of aryl methyl sites for hydroxylation is 1. The Hall–Kier alpha value is -0.860. The van der Waals surface area contributed by atoms with E-state index in [0.29, 0.717) is 5.92 Å². The largest absolute Gasteiger partial charge is 0.241 e. The molecule has 0 spiro atoms. The highest BCUT2D eigenvalue weighted by molar-refractivity contribution is 7.13. The molecule has 1 aromatic heterocycles. The van der Waals surface area contributed by atoms with Gasteiger partial charge in [0.2, 0.25) is 0 Å². The molecule has 0 radical (unpaired) electrons. The van der Waals surface area contributed by atoms with Crippen molar-refractivity contribution in [3.8, 4) is 10.6 Å². The van der Waals surface area contributed by atoms with E-state index in [9.17, 15) is 0 Å². The Bertz CT molecular complexity index is 502. The summed E-state index contributed by atoms with van der Waals surface area (Å²) in [6.07, 6.45) is 0. The van der Waals surface area contributed by atoms with Crippen molar-refractivity contribution < 1.29 is 0 Å². The molecule has 2 rings (SSSR count). The van der Waals surface area contributed by atoms with Crippen LogP contribution in [0.15, 0.2) is 23.6 Å². The van der Waals surface area contributed by atoms with E-state index in [-0.39, 0.29) is 0 Å². The second kappa shape index (κ2) is 4.56. The first-order valence-electron chi connectivity index (χ1n) is 5.30. The van der Waals surface area contributed by atoms with Crippen molar-refractivity contribution in [1.29, 1.82) is 0 Å². The first-order chi connectivity index (χ1) is 7.58. The number of benzene rings is 1. The predicted molar refractivity (Wildman–Crippen MR) is 71.4 cm³/mol. The highest BCUT2D eigenvalue weighted by atomic mass is 35.5. The van der Waals surface area contributed by atoms with Crippen LogP contribution >= 0.6 is 22.9 Å². The van der Waals surface area contributed by atoms with Gasteiger partial charge in [-0.3, -0.25) is 0 Å². The van der Waals surface area contributed by atoms with Crippen LogP contribution in [0.4, 0.5) is 0 Å². The van der Waals surface area contributed by atoms with Crippen LogP contribution < -0.4 is 0 Å². The molecule has 1 aromatic carbocycles. The van der Waals surface area contributed by atoms with Gasteiger partial charge in [0.15, 0.2) is 0 Å². The molecule has 0 atom stereocenters. The minimum absolute atomic E-state index is 0.478. The van der Waals surface area contributed by atoms with E-state index in [0.717, 1.165) is 26.9 Å². The third kappa shape index (κ3) is 2.28. The Kier molecular flexibility index (Phi) is 3.31. The Morgan fingerprint density at radius 1 is 1.31 bits per heavy atom. The Labute approximate surface area is 105 Å². The molecule has 3 heteroatoms. The average Bonchev–Trinajstić information content (AvgIpc) is 2.71. The Morgan fingerprint density at radius 2 is 2.06 bits per heavy atom. The normalized spacial score (nSPS) is 11.1. The van der Waals surface area contributed by atoms with Crippen LogP contribution in [-0.4, -0.2) is 4.98 Å². The zero-order valence-corrected chi connectivity index (χ0v) is 11.2. The van der Waals surface area contributed by atoms with Gasteiger partial charge in [0.25, 0.3) is 0 Å². The molecule has 0 aliphatic carbocycles. The molecular weight excluding hydrogens is 238 g/mol. The summed E-state index contributed by atoms with van der Waals surface area (Å²) in [4.78, 5) is 4.61. The lowest BCUT2D eigenvalue weighted by Gasteiger charge is -2.01. The molecule has 0 amide bonds. The van der Waals surface area contributed by atoms with Crippen molar-refractivity contribution in [3.63, 3.8) is 0 Å². The second-order valence-electron chi connectivity index (χ2n) is 4.20. The molecule has 0 fully saturated rings. The standard InChI is InChI=1S/C13H14ClNS/c1-8(2)12-7-16-13(15-12)10-5-4-9(3)11(14)6-10/h4-8H,1-3H3. The van der Waals surface area contributed by atoms with Crippen LogP contribution in [0.3, 0.4) is 0 Å². The van der Waals surface area contributed by atoms with E-state index >= 15 is 0 Å². The van der Waals surface area contributed by atoms with Crippen LogP contribution in [0.25, 0.3) is 10.6 Å². The maximum atomic E-state index is 6.11. The van der Waals surface area contributed by atoms with E-state index in [1.54, 1.807) is 11.3 Å². The molecule has 16 heavy (non-hydrogen) atoms. The molecule has 0 N–H and O–H groups in total. The maximum absolute atomic E-state index is 6.11. The molecule has 0 unspecified atom stereocenters. The highest BCUT2D eigenvalue weighted by Crippen LogP contribution is 2.29. The summed E-state index contributed by atoms with van der Waals surface area (Å²) in [7, 11) is 0. The molecule has 1 nitrogen and oxygen atoms in total. The number of halogens is 1. The van der Waals surface area contributed by atoms with Gasteiger partial charge in [-0.25, -0.2) is 4.98 Å². The Morgan fingerprint density at radius 3 is 2.62 bits per heavy atom. The van der Waals surface area contributed by atoms with Gasteiger partial charge in [-0.05, 0) is 24.5 Å². The van der Waals surface area contributed by atoms with E-state index in [1.807, 2.05) is 19.1 Å². The van der Waals surface area contributed by atoms with E-state index in [1.165, 1.54) is 0 Å². The lowest BCUT2D eigenvalue weighted by Crippen LogP contribution is -1.87. The SMILES string of the molecule is Cc1ccc(-c2nc(C(C)C)cs2)cc1Cl. The summed E-state index contributed by atoms with van der Waals surface area (Å²) in [6.45, 7) is 6.31. The molecular formula is C13H14ClNS. The van der Waals surface area contributed by atoms with E-state index in [4.69, 9.17) is 11.6 Å². The fourth-order valence-electron chi connectivity index (χ4n) is 1.41. The van der Waals surface area contributed by atoms with Gasteiger partial charge in [-0.1, -0.05) is 37.6 Å². The van der Waals surface area contributed by atoms with Gasteiger partial charge in [0.05, 0.1) is 5.69 Å². The molecule has 2 aromatic rings. The topological polar surface area (TPSA) is 12.9 Å². The van der Waals surface area contributed by atoms with E-state index in [2.05, 4.69) is 30.3 Å². The molecule has 0 saturated heterocycles. The number of thiazole rings is 1. The number of nitrogens with zero attached hydrogens (tertiary/aromatic N) is 1. The van der Waals surface area contributed by atoms with Crippen molar-refractivity contribution in [1.82, 2.24) is 4.98 Å². The third-order valence-corrected chi connectivity index (χ3v) is 3.85.